The highest BCUT2D eigenvalue weighted by Gasteiger charge is 2.22. The first-order valence-electron chi connectivity index (χ1n) is 8.40. The fraction of sp³-hybridized carbons (Fsp3) is 0.278. The van der Waals surface area contributed by atoms with E-state index in [-0.39, 0.29) is 16.6 Å². The van der Waals surface area contributed by atoms with Crippen LogP contribution in [0.2, 0.25) is 5.02 Å². The number of nitro groups is 1. The molecule has 0 atom stereocenters. The highest BCUT2D eigenvalue weighted by molar-refractivity contribution is 6.32. The number of anilines is 2. The van der Waals surface area contributed by atoms with E-state index in [1.54, 1.807) is 6.07 Å². The van der Waals surface area contributed by atoms with Gasteiger partial charge >= 0.3 is 0 Å². The molecule has 0 aromatic heterocycles. The van der Waals surface area contributed by atoms with E-state index in [4.69, 9.17) is 11.6 Å². The fourth-order valence-corrected chi connectivity index (χ4v) is 3.25. The lowest BCUT2D eigenvalue weighted by Gasteiger charge is -2.33. The van der Waals surface area contributed by atoms with Gasteiger partial charge in [0.1, 0.15) is 5.02 Å². The third-order valence-corrected chi connectivity index (χ3v) is 4.75. The number of hydrogen-bond donors (Lipinski definition) is 2. The molecule has 8 heteroatoms. The SMILES string of the molecule is O=C(C[NH+]1CCN(c2ccccc2)CC1)Nc1ccc(Cl)c([N+](=O)[O-])c1. The summed E-state index contributed by atoms with van der Waals surface area (Å²) in [4.78, 5) is 26.1. The number of nitrogens with one attached hydrogen (secondary N) is 2. The predicted molar refractivity (Wildman–Crippen MR) is 101 cm³/mol. The van der Waals surface area contributed by atoms with Crippen LogP contribution in [0.15, 0.2) is 48.5 Å². The van der Waals surface area contributed by atoms with E-state index in [1.165, 1.54) is 22.7 Å². The molecule has 1 aliphatic heterocycles. The Morgan fingerprint density at radius 3 is 2.54 bits per heavy atom. The summed E-state index contributed by atoms with van der Waals surface area (Å²) in [5, 5.41) is 13.7. The topological polar surface area (TPSA) is 79.9 Å². The van der Waals surface area contributed by atoms with E-state index in [0.29, 0.717) is 12.2 Å². The number of carbonyl (C=O) groups excluding carboxylic acids is 1. The average molecular weight is 376 g/mol. The van der Waals surface area contributed by atoms with Gasteiger partial charge in [0.25, 0.3) is 11.6 Å². The zero-order valence-electron chi connectivity index (χ0n) is 14.2. The molecule has 2 aromatic carbocycles. The van der Waals surface area contributed by atoms with E-state index < -0.39 is 4.92 Å². The summed E-state index contributed by atoms with van der Waals surface area (Å²) in [6.07, 6.45) is 0. The summed E-state index contributed by atoms with van der Waals surface area (Å²) < 4.78 is 0. The number of carbonyl (C=O) groups is 1. The van der Waals surface area contributed by atoms with Crippen LogP contribution >= 0.6 is 11.6 Å². The van der Waals surface area contributed by atoms with Gasteiger partial charge in [-0.15, -0.1) is 0 Å². The maximum Gasteiger partial charge on any atom is 0.289 e. The van der Waals surface area contributed by atoms with Gasteiger partial charge in [-0.25, -0.2) is 0 Å². The van der Waals surface area contributed by atoms with Crippen LogP contribution in [-0.2, 0) is 4.79 Å². The molecule has 2 N–H and O–H groups in total. The van der Waals surface area contributed by atoms with Gasteiger partial charge in [0.15, 0.2) is 6.54 Å². The number of hydrogen-bond acceptors (Lipinski definition) is 4. The zero-order valence-corrected chi connectivity index (χ0v) is 14.9. The Labute approximate surface area is 156 Å². The van der Waals surface area contributed by atoms with Crippen molar-refractivity contribution in [2.45, 2.75) is 0 Å². The lowest BCUT2D eigenvalue weighted by Crippen LogP contribution is -3.15. The molecule has 1 fully saturated rings. The van der Waals surface area contributed by atoms with Gasteiger partial charge in [0, 0.05) is 17.4 Å². The Kier molecular flexibility index (Phi) is 5.70. The Morgan fingerprint density at radius 2 is 1.88 bits per heavy atom. The number of rotatable bonds is 5. The van der Waals surface area contributed by atoms with Crippen molar-refractivity contribution in [1.82, 2.24) is 0 Å². The maximum atomic E-state index is 12.2. The van der Waals surface area contributed by atoms with Crippen molar-refractivity contribution < 1.29 is 14.6 Å². The van der Waals surface area contributed by atoms with Crippen molar-refractivity contribution in [2.24, 2.45) is 0 Å². The molecule has 1 heterocycles. The van der Waals surface area contributed by atoms with Crippen LogP contribution in [0.25, 0.3) is 0 Å². The molecule has 1 amide bonds. The van der Waals surface area contributed by atoms with Gasteiger partial charge in [0.2, 0.25) is 0 Å². The van der Waals surface area contributed by atoms with Crippen LogP contribution in [0.1, 0.15) is 0 Å². The predicted octanol–water partition coefficient (Wildman–Crippen LogP) is 1.59. The van der Waals surface area contributed by atoms with E-state index in [0.717, 1.165) is 26.2 Å². The highest BCUT2D eigenvalue weighted by Crippen LogP contribution is 2.27. The number of amides is 1. The van der Waals surface area contributed by atoms with Gasteiger partial charge in [-0.3, -0.25) is 14.9 Å². The summed E-state index contributed by atoms with van der Waals surface area (Å²) in [7, 11) is 0. The number of benzene rings is 2. The smallest absolute Gasteiger partial charge is 0.289 e. The van der Waals surface area contributed by atoms with Crippen molar-refractivity contribution >= 4 is 34.6 Å². The number of nitro benzene ring substituents is 1. The van der Waals surface area contributed by atoms with Gasteiger partial charge in [-0.2, -0.15) is 0 Å². The van der Waals surface area contributed by atoms with Crippen molar-refractivity contribution in [3.05, 3.63) is 63.7 Å². The molecule has 1 saturated heterocycles. The second-order valence-electron chi connectivity index (χ2n) is 6.22. The molecule has 0 unspecified atom stereocenters. The van der Waals surface area contributed by atoms with E-state index in [1.807, 2.05) is 18.2 Å². The average Bonchev–Trinajstić information content (AvgIpc) is 2.64. The Balaban J connectivity index is 1.52. The van der Waals surface area contributed by atoms with Crippen molar-refractivity contribution in [1.29, 1.82) is 0 Å². The van der Waals surface area contributed by atoms with E-state index in [9.17, 15) is 14.9 Å². The Bertz CT molecular complexity index is 792. The number of halogens is 1. The third kappa shape index (κ3) is 4.50. The molecular weight excluding hydrogens is 356 g/mol. The van der Waals surface area contributed by atoms with Crippen molar-refractivity contribution in [3.63, 3.8) is 0 Å². The molecule has 1 aliphatic rings. The molecule has 7 nitrogen and oxygen atoms in total. The molecule has 0 radical (unpaired) electrons. The number of nitrogens with zero attached hydrogens (tertiary/aromatic N) is 2. The first kappa shape index (κ1) is 18.2. The number of para-hydroxylation sites is 1. The lowest BCUT2D eigenvalue weighted by molar-refractivity contribution is -0.892. The summed E-state index contributed by atoms with van der Waals surface area (Å²) in [6.45, 7) is 3.84. The first-order chi connectivity index (χ1) is 12.5. The van der Waals surface area contributed by atoms with Crippen LogP contribution in [0.3, 0.4) is 0 Å². The minimum atomic E-state index is -0.563. The van der Waals surface area contributed by atoms with E-state index >= 15 is 0 Å². The Hall–Kier alpha value is -2.64. The largest absolute Gasteiger partial charge is 0.360 e. The van der Waals surface area contributed by atoms with Gasteiger partial charge < -0.3 is 15.1 Å². The summed E-state index contributed by atoms with van der Waals surface area (Å²) >= 11 is 5.78. The summed E-state index contributed by atoms with van der Waals surface area (Å²) in [6, 6.07) is 14.5. The lowest BCUT2D eigenvalue weighted by atomic mass is 10.2. The minimum absolute atomic E-state index is 0.0515. The molecular formula is C18H20ClN4O3+. The molecule has 2 aromatic rings. The molecule has 3 rings (SSSR count). The Morgan fingerprint density at radius 1 is 1.19 bits per heavy atom. The van der Waals surface area contributed by atoms with Crippen LogP contribution in [0, 0.1) is 10.1 Å². The van der Waals surface area contributed by atoms with Gasteiger partial charge in [0.05, 0.1) is 31.1 Å². The number of piperazine rings is 1. The molecule has 0 aliphatic carbocycles. The quantitative estimate of drug-likeness (QED) is 0.614. The fourth-order valence-electron chi connectivity index (χ4n) is 3.06. The van der Waals surface area contributed by atoms with E-state index in [2.05, 4.69) is 22.3 Å². The van der Waals surface area contributed by atoms with Crippen molar-refractivity contribution in [3.8, 4) is 0 Å². The maximum absolute atomic E-state index is 12.2. The molecule has 26 heavy (non-hydrogen) atoms. The molecule has 0 bridgehead atoms. The van der Waals surface area contributed by atoms with Crippen molar-refractivity contribution in [2.75, 3.05) is 42.9 Å². The standard InChI is InChI=1S/C18H19ClN4O3/c19-16-7-6-14(12-17(16)23(25)26)20-18(24)13-21-8-10-22(11-9-21)15-4-2-1-3-5-15/h1-7,12H,8-11,13H2,(H,20,24)/p+1. The van der Waals surface area contributed by atoms with Crippen LogP contribution in [0.4, 0.5) is 17.1 Å². The molecule has 0 saturated carbocycles. The first-order valence-corrected chi connectivity index (χ1v) is 8.78. The zero-order chi connectivity index (χ0) is 18.5. The highest BCUT2D eigenvalue weighted by atomic mass is 35.5. The minimum Gasteiger partial charge on any atom is -0.360 e. The third-order valence-electron chi connectivity index (χ3n) is 4.43. The van der Waals surface area contributed by atoms with Gasteiger partial charge in [-0.05, 0) is 24.3 Å². The van der Waals surface area contributed by atoms with Crippen LogP contribution < -0.4 is 15.1 Å². The molecule has 0 spiro atoms. The monoisotopic (exact) mass is 375 g/mol. The molecule has 136 valence electrons. The van der Waals surface area contributed by atoms with Gasteiger partial charge in [-0.1, -0.05) is 29.8 Å². The second kappa shape index (κ2) is 8.16. The number of quaternary nitrogens is 1. The van der Waals surface area contributed by atoms with Crippen LogP contribution in [-0.4, -0.2) is 43.6 Å². The van der Waals surface area contributed by atoms with Crippen LogP contribution in [0.5, 0.6) is 0 Å². The second-order valence-corrected chi connectivity index (χ2v) is 6.63. The normalized spacial score (nSPS) is 14.9. The summed E-state index contributed by atoms with van der Waals surface area (Å²) in [5.41, 5.74) is 1.37. The summed E-state index contributed by atoms with van der Waals surface area (Å²) in [5.74, 6) is -0.162.